The molecule has 2 aromatic carbocycles. The smallest absolute Gasteiger partial charge is 0.115 e. The van der Waals surface area contributed by atoms with Gasteiger partial charge in [0, 0.05) is 37.1 Å². The second kappa shape index (κ2) is 6.71. The maximum Gasteiger partial charge on any atom is 0.115 e. The van der Waals surface area contributed by atoms with E-state index in [0.29, 0.717) is 6.04 Å². The highest BCUT2D eigenvalue weighted by Crippen LogP contribution is 2.21. The number of anilines is 2. The van der Waals surface area contributed by atoms with Crippen molar-refractivity contribution < 1.29 is 5.11 Å². The van der Waals surface area contributed by atoms with Crippen LogP contribution in [0.1, 0.15) is 18.4 Å². The Morgan fingerprint density at radius 3 is 2.55 bits per heavy atom. The first-order valence-corrected chi connectivity index (χ1v) is 7.83. The molecule has 0 unspecified atom stereocenters. The molecule has 116 valence electrons. The number of benzene rings is 2. The molecular weight excluding hydrogens is 274 g/mol. The van der Waals surface area contributed by atoms with Gasteiger partial charge in [0.15, 0.2) is 0 Å². The van der Waals surface area contributed by atoms with Crippen molar-refractivity contribution in [2.45, 2.75) is 25.4 Å². The summed E-state index contributed by atoms with van der Waals surface area (Å²) in [5.74, 6) is 0.288. The van der Waals surface area contributed by atoms with Crippen LogP contribution in [0.15, 0.2) is 48.5 Å². The van der Waals surface area contributed by atoms with Crippen molar-refractivity contribution in [3.05, 3.63) is 54.1 Å². The third-order valence-electron chi connectivity index (χ3n) is 4.18. The topological polar surface area (TPSA) is 61.5 Å². The standard InChI is InChI=1S/C18H23N3O/c19-15-8-10-21(11-9-15)17-3-1-2-14(12-17)13-20-16-4-6-18(22)7-5-16/h1-7,12,15,20,22H,8-11,13,19H2. The Labute approximate surface area is 131 Å². The van der Waals surface area contributed by atoms with Crippen molar-refractivity contribution in [3.63, 3.8) is 0 Å². The molecule has 0 saturated carbocycles. The second-order valence-corrected chi connectivity index (χ2v) is 5.89. The maximum absolute atomic E-state index is 9.30. The highest BCUT2D eigenvalue weighted by molar-refractivity contribution is 5.51. The molecule has 0 atom stereocenters. The molecule has 1 saturated heterocycles. The summed E-state index contributed by atoms with van der Waals surface area (Å²) in [6.45, 7) is 2.85. The molecule has 4 heteroatoms. The Balaban J connectivity index is 1.62. The molecule has 4 nitrogen and oxygen atoms in total. The zero-order chi connectivity index (χ0) is 15.4. The number of nitrogens with zero attached hydrogens (tertiary/aromatic N) is 1. The van der Waals surface area contributed by atoms with E-state index in [0.717, 1.165) is 38.2 Å². The summed E-state index contributed by atoms with van der Waals surface area (Å²) in [6, 6.07) is 16.1. The SMILES string of the molecule is NC1CCN(c2cccc(CNc3ccc(O)cc3)c2)CC1. The van der Waals surface area contributed by atoms with E-state index in [1.54, 1.807) is 12.1 Å². The first kappa shape index (κ1) is 14.7. The fraction of sp³-hybridized carbons (Fsp3) is 0.333. The summed E-state index contributed by atoms with van der Waals surface area (Å²) < 4.78 is 0. The first-order valence-electron chi connectivity index (χ1n) is 7.83. The van der Waals surface area contributed by atoms with Gasteiger partial charge in [0.2, 0.25) is 0 Å². The Hall–Kier alpha value is -2.20. The number of aromatic hydroxyl groups is 1. The molecule has 22 heavy (non-hydrogen) atoms. The number of hydrogen-bond acceptors (Lipinski definition) is 4. The van der Waals surface area contributed by atoms with Crippen LogP contribution in [0.25, 0.3) is 0 Å². The average molecular weight is 297 g/mol. The largest absolute Gasteiger partial charge is 0.508 e. The lowest BCUT2D eigenvalue weighted by molar-refractivity contribution is 0.475. The molecule has 1 aliphatic rings. The molecule has 3 rings (SSSR count). The lowest BCUT2D eigenvalue weighted by Gasteiger charge is -2.32. The first-order chi connectivity index (χ1) is 10.7. The summed E-state index contributed by atoms with van der Waals surface area (Å²) in [5.41, 5.74) is 9.51. The van der Waals surface area contributed by atoms with Crippen LogP contribution >= 0.6 is 0 Å². The van der Waals surface area contributed by atoms with Gasteiger partial charge in [0.25, 0.3) is 0 Å². The van der Waals surface area contributed by atoms with Crippen LogP contribution in [0.2, 0.25) is 0 Å². The predicted octanol–water partition coefficient (Wildman–Crippen LogP) is 2.93. The van der Waals surface area contributed by atoms with Gasteiger partial charge >= 0.3 is 0 Å². The highest BCUT2D eigenvalue weighted by atomic mass is 16.3. The molecule has 0 aliphatic carbocycles. The highest BCUT2D eigenvalue weighted by Gasteiger charge is 2.16. The molecule has 4 N–H and O–H groups in total. The van der Waals surface area contributed by atoms with Crippen LogP contribution < -0.4 is 16.0 Å². The number of phenols is 1. The van der Waals surface area contributed by atoms with E-state index < -0.39 is 0 Å². The molecule has 0 radical (unpaired) electrons. The summed E-state index contributed by atoms with van der Waals surface area (Å²) >= 11 is 0. The molecule has 1 aliphatic heterocycles. The van der Waals surface area contributed by atoms with E-state index in [1.165, 1.54) is 11.3 Å². The normalized spacial score (nSPS) is 15.8. The minimum absolute atomic E-state index is 0.288. The van der Waals surface area contributed by atoms with Crippen LogP contribution in [0, 0.1) is 0 Å². The van der Waals surface area contributed by atoms with Gasteiger partial charge in [-0.2, -0.15) is 0 Å². The number of nitrogens with one attached hydrogen (secondary N) is 1. The van der Waals surface area contributed by atoms with Gasteiger partial charge in [0.05, 0.1) is 0 Å². The van der Waals surface area contributed by atoms with Gasteiger partial charge in [0.1, 0.15) is 5.75 Å². The van der Waals surface area contributed by atoms with Gasteiger partial charge in [-0.3, -0.25) is 0 Å². The molecule has 0 bridgehead atoms. The molecule has 0 amide bonds. The lowest BCUT2D eigenvalue weighted by atomic mass is 10.0. The van der Waals surface area contributed by atoms with Crippen LogP contribution in [-0.2, 0) is 6.54 Å². The Morgan fingerprint density at radius 1 is 1.09 bits per heavy atom. The van der Waals surface area contributed by atoms with Gasteiger partial charge < -0.3 is 21.1 Å². The van der Waals surface area contributed by atoms with Gasteiger partial charge in [-0.25, -0.2) is 0 Å². The van der Waals surface area contributed by atoms with E-state index in [1.807, 2.05) is 12.1 Å². The summed E-state index contributed by atoms with van der Waals surface area (Å²) in [5, 5.41) is 12.7. The van der Waals surface area contributed by atoms with Crippen LogP contribution in [0.3, 0.4) is 0 Å². The molecule has 2 aromatic rings. The van der Waals surface area contributed by atoms with Crippen molar-refractivity contribution in [1.82, 2.24) is 0 Å². The van der Waals surface area contributed by atoms with Crippen LogP contribution in [-0.4, -0.2) is 24.2 Å². The number of hydrogen-bond donors (Lipinski definition) is 3. The molecule has 1 heterocycles. The van der Waals surface area contributed by atoms with Crippen molar-refractivity contribution in [3.8, 4) is 5.75 Å². The van der Waals surface area contributed by atoms with Crippen molar-refractivity contribution >= 4 is 11.4 Å². The molecule has 1 fully saturated rings. The minimum Gasteiger partial charge on any atom is -0.508 e. The van der Waals surface area contributed by atoms with Gasteiger partial charge in [-0.15, -0.1) is 0 Å². The van der Waals surface area contributed by atoms with Crippen molar-refractivity contribution in [1.29, 1.82) is 0 Å². The Kier molecular flexibility index (Phi) is 4.49. The molecule has 0 aromatic heterocycles. The van der Waals surface area contributed by atoms with Crippen LogP contribution in [0.5, 0.6) is 5.75 Å². The van der Waals surface area contributed by atoms with E-state index in [9.17, 15) is 5.11 Å². The summed E-state index contributed by atoms with van der Waals surface area (Å²) in [4.78, 5) is 2.41. The third kappa shape index (κ3) is 3.71. The fourth-order valence-electron chi connectivity index (χ4n) is 2.80. The monoisotopic (exact) mass is 297 g/mol. The number of nitrogens with two attached hydrogens (primary N) is 1. The van der Waals surface area contributed by atoms with Crippen molar-refractivity contribution in [2.24, 2.45) is 5.73 Å². The Morgan fingerprint density at radius 2 is 1.82 bits per heavy atom. The van der Waals surface area contributed by atoms with Gasteiger partial charge in [-0.05, 0) is 54.8 Å². The van der Waals surface area contributed by atoms with E-state index in [4.69, 9.17) is 5.73 Å². The van der Waals surface area contributed by atoms with E-state index >= 15 is 0 Å². The van der Waals surface area contributed by atoms with Gasteiger partial charge in [-0.1, -0.05) is 12.1 Å². The molecular formula is C18H23N3O. The Bertz CT molecular complexity index is 604. The number of phenolic OH excluding ortho intramolecular Hbond substituents is 1. The zero-order valence-electron chi connectivity index (χ0n) is 12.7. The van der Waals surface area contributed by atoms with E-state index in [2.05, 4.69) is 34.5 Å². The summed E-state index contributed by atoms with van der Waals surface area (Å²) in [6.07, 6.45) is 2.13. The number of rotatable bonds is 4. The minimum atomic E-state index is 0.288. The number of piperidine rings is 1. The third-order valence-corrected chi connectivity index (χ3v) is 4.18. The average Bonchev–Trinajstić information content (AvgIpc) is 2.55. The van der Waals surface area contributed by atoms with Crippen molar-refractivity contribution in [2.75, 3.05) is 23.3 Å². The zero-order valence-corrected chi connectivity index (χ0v) is 12.7. The quantitative estimate of drug-likeness (QED) is 0.759. The summed E-state index contributed by atoms with van der Waals surface area (Å²) in [7, 11) is 0. The van der Waals surface area contributed by atoms with Crippen LogP contribution in [0.4, 0.5) is 11.4 Å². The second-order valence-electron chi connectivity index (χ2n) is 5.89. The van der Waals surface area contributed by atoms with E-state index in [-0.39, 0.29) is 5.75 Å². The molecule has 0 spiro atoms. The maximum atomic E-state index is 9.30. The lowest BCUT2D eigenvalue weighted by Crippen LogP contribution is -2.39. The fourth-order valence-corrected chi connectivity index (χ4v) is 2.80. The predicted molar refractivity (Wildman–Crippen MR) is 91.3 cm³/mol.